The molecule has 1 aliphatic heterocycles. The topological polar surface area (TPSA) is 125 Å². The van der Waals surface area contributed by atoms with Crippen LogP contribution in [0.4, 0.5) is 0 Å². The highest BCUT2D eigenvalue weighted by atomic mass is 16.5. The van der Waals surface area contributed by atoms with Gasteiger partial charge in [-0.2, -0.15) is 0 Å². The molecule has 0 fully saturated rings. The van der Waals surface area contributed by atoms with Crippen LogP contribution in [0, 0.1) is 0 Å². The lowest BCUT2D eigenvalue weighted by atomic mass is 9.99. The van der Waals surface area contributed by atoms with E-state index in [0.717, 1.165) is 11.1 Å². The first kappa shape index (κ1) is 17.8. The lowest BCUT2D eigenvalue weighted by Crippen LogP contribution is -2.41. The number of ether oxygens (including phenoxy) is 1. The molecule has 28 heavy (non-hydrogen) atoms. The number of amides is 1. The maximum atomic E-state index is 13.4. The van der Waals surface area contributed by atoms with Crippen molar-refractivity contribution in [3.05, 3.63) is 71.5 Å². The number of tetrazole rings is 1. The van der Waals surface area contributed by atoms with Gasteiger partial charge in [-0.05, 0) is 28.1 Å². The smallest absolute Gasteiger partial charge is 0.248 e. The first-order valence-corrected chi connectivity index (χ1v) is 8.74. The van der Waals surface area contributed by atoms with Crippen LogP contribution in [0.5, 0.6) is 5.75 Å². The third-order valence-corrected chi connectivity index (χ3v) is 4.60. The fraction of sp³-hybridized carbons (Fsp3) is 0.211. The van der Waals surface area contributed by atoms with Gasteiger partial charge in [0.1, 0.15) is 18.1 Å². The maximum absolute atomic E-state index is 13.4. The van der Waals surface area contributed by atoms with Crippen LogP contribution in [0.2, 0.25) is 0 Å². The number of nitrogens with two attached hydrogens (primary N) is 1. The van der Waals surface area contributed by atoms with Crippen LogP contribution < -0.4 is 15.8 Å². The number of Topliss-reactive ketones (excluding diaryl/α,β-unsaturated/α-hetero) is 1. The second kappa shape index (κ2) is 7.57. The Morgan fingerprint density at radius 2 is 2.04 bits per heavy atom. The molecule has 0 saturated heterocycles. The average molecular weight is 378 g/mol. The molecular formula is C19H18N6O3. The van der Waals surface area contributed by atoms with E-state index in [2.05, 4.69) is 20.8 Å². The molecule has 0 aliphatic carbocycles. The van der Waals surface area contributed by atoms with Gasteiger partial charge in [-0.3, -0.25) is 9.59 Å². The van der Waals surface area contributed by atoms with E-state index >= 15 is 0 Å². The first-order valence-electron chi connectivity index (χ1n) is 8.74. The van der Waals surface area contributed by atoms with Crippen molar-refractivity contribution in [2.24, 2.45) is 5.73 Å². The lowest BCUT2D eigenvalue weighted by molar-refractivity contribution is -0.128. The number of hydrogen-bond donors (Lipinski definition) is 2. The second-order valence-corrected chi connectivity index (χ2v) is 6.43. The zero-order chi connectivity index (χ0) is 19.5. The molecule has 9 heteroatoms. The zero-order valence-electron chi connectivity index (χ0n) is 14.9. The number of fused-ring (bicyclic) bond motifs is 1. The SMILES string of the molecule is NC(=O)c1ccc2c(c1)OC(C(=O)C(c1ccccc1)n1cnnn1)CNC2. The summed E-state index contributed by atoms with van der Waals surface area (Å²) in [7, 11) is 0. The summed E-state index contributed by atoms with van der Waals surface area (Å²) in [5.41, 5.74) is 7.29. The molecular weight excluding hydrogens is 360 g/mol. The fourth-order valence-electron chi connectivity index (χ4n) is 3.20. The highest BCUT2D eigenvalue weighted by Gasteiger charge is 2.33. The van der Waals surface area contributed by atoms with Crippen LogP contribution in [0.3, 0.4) is 0 Å². The van der Waals surface area contributed by atoms with Crippen molar-refractivity contribution in [2.45, 2.75) is 18.7 Å². The van der Waals surface area contributed by atoms with Crippen LogP contribution in [-0.4, -0.2) is 44.5 Å². The van der Waals surface area contributed by atoms with Crippen molar-refractivity contribution in [2.75, 3.05) is 6.54 Å². The summed E-state index contributed by atoms with van der Waals surface area (Å²) >= 11 is 0. The summed E-state index contributed by atoms with van der Waals surface area (Å²) in [6.07, 6.45) is 0.609. The van der Waals surface area contributed by atoms with Gasteiger partial charge in [0.25, 0.3) is 0 Å². The molecule has 2 unspecified atom stereocenters. The van der Waals surface area contributed by atoms with Gasteiger partial charge in [0, 0.05) is 24.2 Å². The highest BCUT2D eigenvalue weighted by molar-refractivity contribution is 5.93. The molecule has 1 aromatic heterocycles. The molecule has 2 aromatic carbocycles. The van der Waals surface area contributed by atoms with E-state index in [1.54, 1.807) is 18.2 Å². The van der Waals surface area contributed by atoms with Gasteiger partial charge in [0.05, 0.1) is 0 Å². The second-order valence-electron chi connectivity index (χ2n) is 6.43. The summed E-state index contributed by atoms with van der Waals surface area (Å²) in [5.74, 6) is -0.297. The Morgan fingerprint density at radius 3 is 2.75 bits per heavy atom. The Bertz CT molecular complexity index is 990. The number of benzene rings is 2. The van der Waals surface area contributed by atoms with E-state index in [4.69, 9.17) is 10.5 Å². The normalized spacial score (nSPS) is 17.1. The molecule has 3 aromatic rings. The minimum atomic E-state index is -0.793. The summed E-state index contributed by atoms with van der Waals surface area (Å²) in [6, 6.07) is 13.5. The largest absolute Gasteiger partial charge is 0.481 e. The summed E-state index contributed by atoms with van der Waals surface area (Å²) in [5, 5.41) is 14.4. The Kier molecular flexibility index (Phi) is 4.81. The summed E-state index contributed by atoms with van der Waals surface area (Å²) in [6.45, 7) is 0.823. The van der Waals surface area contributed by atoms with Gasteiger partial charge in [0.15, 0.2) is 6.10 Å². The van der Waals surface area contributed by atoms with Gasteiger partial charge in [-0.15, -0.1) is 5.10 Å². The van der Waals surface area contributed by atoms with E-state index in [-0.39, 0.29) is 5.78 Å². The number of rotatable bonds is 5. The molecule has 0 radical (unpaired) electrons. The van der Waals surface area contributed by atoms with E-state index in [9.17, 15) is 9.59 Å². The van der Waals surface area contributed by atoms with Gasteiger partial charge in [-0.1, -0.05) is 36.4 Å². The van der Waals surface area contributed by atoms with Crippen molar-refractivity contribution in [3.63, 3.8) is 0 Å². The number of carbonyl (C=O) groups excluding carboxylic acids is 2. The number of aromatic nitrogens is 4. The Labute approximate surface area is 160 Å². The number of carbonyl (C=O) groups is 2. The number of nitrogens with zero attached hydrogens (tertiary/aromatic N) is 4. The summed E-state index contributed by atoms with van der Waals surface area (Å²) < 4.78 is 7.42. The predicted molar refractivity (Wildman–Crippen MR) is 98.5 cm³/mol. The minimum absolute atomic E-state index is 0.205. The van der Waals surface area contributed by atoms with Crippen LogP contribution in [0.25, 0.3) is 0 Å². The van der Waals surface area contributed by atoms with Crippen molar-refractivity contribution < 1.29 is 14.3 Å². The first-order chi connectivity index (χ1) is 13.6. The third-order valence-electron chi connectivity index (χ3n) is 4.60. The Balaban J connectivity index is 1.67. The predicted octanol–water partition coefficient (Wildman–Crippen LogP) is 0.481. The van der Waals surface area contributed by atoms with Crippen LogP contribution in [0.1, 0.15) is 27.5 Å². The molecule has 4 rings (SSSR count). The van der Waals surface area contributed by atoms with Crippen molar-refractivity contribution in [3.8, 4) is 5.75 Å². The molecule has 142 valence electrons. The van der Waals surface area contributed by atoms with Crippen LogP contribution in [-0.2, 0) is 11.3 Å². The van der Waals surface area contributed by atoms with Crippen molar-refractivity contribution in [1.29, 1.82) is 0 Å². The van der Waals surface area contributed by atoms with Crippen molar-refractivity contribution in [1.82, 2.24) is 25.5 Å². The number of ketones is 1. The monoisotopic (exact) mass is 378 g/mol. The number of nitrogens with one attached hydrogen (secondary N) is 1. The van der Waals surface area contributed by atoms with E-state index < -0.39 is 18.1 Å². The van der Waals surface area contributed by atoms with E-state index in [0.29, 0.717) is 24.4 Å². The quantitative estimate of drug-likeness (QED) is 0.661. The van der Waals surface area contributed by atoms with Crippen molar-refractivity contribution >= 4 is 11.7 Å². The van der Waals surface area contributed by atoms with E-state index in [1.165, 1.54) is 11.0 Å². The van der Waals surface area contributed by atoms with E-state index in [1.807, 2.05) is 30.3 Å². The van der Waals surface area contributed by atoms with Gasteiger partial charge < -0.3 is 15.8 Å². The van der Waals surface area contributed by atoms with Gasteiger partial charge in [0.2, 0.25) is 11.7 Å². The lowest BCUT2D eigenvalue weighted by Gasteiger charge is -2.22. The fourth-order valence-corrected chi connectivity index (χ4v) is 3.20. The van der Waals surface area contributed by atoms with Crippen LogP contribution in [0.15, 0.2) is 54.9 Å². The van der Waals surface area contributed by atoms with Gasteiger partial charge >= 0.3 is 0 Å². The third kappa shape index (κ3) is 3.47. The van der Waals surface area contributed by atoms with Gasteiger partial charge in [-0.25, -0.2) is 4.68 Å². The Morgan fingerprint density at radius 1 is 1.21 bits per heavy atom. The highest BCUT2D eigenvalue weighted by Crippen LogP contribution is 2.27. The average Bonchev–Trinajstić information content (AvgIpc) is 3.14. The standard InChI is InChI=1S/C19H18N6O3/c20-19(27)13-6-7-14-9-21-10-16(28-15(14)8-13)18(26)17(25-11-22-23-24-25)12-4-2-1-3-5-12/h1-8,11,16-17,21H,9-10H2,(H2,20,27). The molecule has 1 amide bonds. The minimum Gasteiger partial charge on any atom is -0.481 e. The molecule has 0 spiro atoms. The summed E-state index contributed by atoms with van der Waals surface area (Å²) in [4.78, 5) is 24.9. The Hall–Kier alpha value is -3.59. The number of hydrogen-bond acceptors (Lipinski definition) is 7. The molecule has 0 bridgehead atoms. The molecule has 0 saturated carbocycles. The molecule has 9 nitrogen and oxygen atoms in total. The zero-order valence-corrected chi connectivity index (χ0v) is 14.9. The molecule has 2 atom stereocenters. The number of primary amides is 1. The maximum Gasteiger partial charge on any atom is 0.248 e. The molecule has 1 aliphatic rings. The van der Waals surface area contributed by atoms with Crippen LogP contribution >= 0.6 is 0 Å². The molecule has 2 heterocycles. The molecule has 3 N–H and O–H groups in total.